The van der Waals surface area contributed by atoms with Gasteiger partial charge in [0.25, 0.3) is 5.91 Å². The molecule has 0 aliphatic heterocycles. The minimum Gasteiger partial charge on any atom is -0.474 e. The predicted molar refractivity (Wildman–Crippen MR) is 153 cm³/mol. The smallest absolute Gasteiger partial charge is 0.394 e. The maximum absolute atomic E-state index is 12.5. The molecule has 0 saturated carbocycles. The molecule has 0 radical (unpaired) electrons. The van der Waals surface area contributed by atoms with Gasteiger partial charge in [0, 0.05) is 25.2 Å². The van der Waals surface area contributed by atoms with Crippen LogP contribution in [-0.4, -0.2) is 34.3 Å². The van der Waals surface area contributed by atoms with Crippen molar-refractivity contribution in [2.75, 3.05) is 6.54 Å². The Morgan fingerprint density at radius 2 is 1.13 bits per heavy atom. The zero-order chi connectivity index (χ0) is 27.4. The van der Waals surface area contributed by atoms with Crippen LogP contribution in [0, 0.1) is 0 Å². The van der Waals surface area contributed by atoms with Crippen LogP contribution in [0.1, 0.15) is 112 Å². The van der Waals surface area contributed by atoms with E-state index in [-0.39, 0.29) is 19.0 Å². The van der Waals surface area contributed by atoms with Crippen LogP contribution in [0.5, 0.6) is 0 Å². The third-order valence-corrected chi connectivity index (χ3v) is 6.84. The first-order valence-corrected chi connectivity index (χ1v) is 14.4. The average molecular weight is 523 g/mol. The number of aliphatic carboxylic acids is 1. The normalized spacial score (nSPS) is 10.8. The summed E-state index contributed by atoms with van der Waals surface area (Å²) in [7, 11) is 0. The van der Waals surface area contributed by atoms with Crippen molar-refractivity contribution in [3.8, 4) is 0 Å². The highest BCUT2D eigenvalue weighted by Crippen LogP contribution is 2.14. The van der Waals surface area contributed by atoms with Gasteiger partial charge in [-0.2, -0.15) is 0 Å². The maximum Gasteiger partial charge on any atom is 0.394 e. The van der Waals surface area contributed by atoms with Gasteiger partial charge in [0.05, 0.1) is 0 Å². The number of hydrogen-bond donors (Lipinski definition) is 2. The minimum atomic E-state index is -1.48. The van der Waals surface area contributed by atoms with E-state index in [4.69, 9.17) is 0 Å². The number of nitrogens with one attached hydrogen (secondary N) is 1. The second kappa shape index (κ2) is 19.0. The molecule has 0 aliphatic rings. The summed E-state index contributed by atoms with van der Waals surface area (Å²) >= 11 is 0. The number of benzene rings is 2. The van der Waals surface area contributed by atoms with Crippen molar-refractivity contribution >= 4 is 17.8 Å². The Labute approximate surface area is 228 Å². The van der Waals surface area contributed by atoms with E-state index in [0.717, 1.165) is 24.0 Å². The largest absolute Gasteiger partial charge is 0.474 e. The molecule has 0 saturated heterocycles. The quantitative estimate of drug-likeness (QED) is 0.152. The number of carboxylic acids is 1. The van der Waals surface area contributed by atoms with E-state index in [1.165, 1.54) is 75.5 Å². The van der Waals surface area contributed by atoms with E-state index in [9.17, 15) is 19.5 Å². The highest BCUT2D eigenvalue weighted by molar-refractivity contribution is 6.31. The summed E-state index contributed by atoms with van der Waals surface area (Å²) in [4.78, 5) is 37.3. The van der Waals surface area contributed by atoms with E-state index in [0.29, 0.717) is 12.1 Å². The molecule has 0 atom stereocenters. The van der Waals surface area contributed by atoms with E-state index in [1.807, 2.05) is 30.3 Å². The van der Waals surface area contributed by atoms with Gasteiger partial charge in [0.2, 0.25) is 0 Å². The van der Waals surface area contributed by atoms with Gasteiger partial charge in [-0.25, -0.2) is 4.79 Å². The van der Waals surface area contributed by atoms with Crippen LogP contribution in [0.3, 0.4) is 0 Å². The lowest BCUT2D eigenvalue weighted by Crippen LogP contribution is -2.35. The fourth-order valence-electron chi connectivity index (χ4n) is 4.57. The van der Waals surface area contributed by atoms with Crippen LogP contribution >= 0.6 is 0 Å². The summed E-state index contributed by atoms with van der Waals surface area (Å²) < 4.78 is 0. The van der Waals surface area contributed by atoms with Crippen LogP contribution in [0.2, 0.25) is 0 Å². The highest BCUT2D eigenvalue weighted by Gasteiger charge is 2.21. The summed E-state index contributed by atoms with van der Waals surface area (Å²) in [5.74, 6) is -2.54. The van der Waals surface area contributed by atoms with Gasteiger partial charge in [0.1, 0.15) is 0 Å². The third kappa shape index (κ3) is 12.9. The monoisotopic (exact) mass is 522 g/mol. The molecule has 0 aromatic heterocycles. The summed E-state index contributed by atoms with van der Waals surface area (Å²) in [6, 6.07) is 16.3. The fraction of sp³-hybridized carbons (Fsp3) is 0.531. The number of amides is 2. The molecule has 6 nitrogen and oxygen atoms in total. The Balaban J connectivity index is 1.62. The first-order valence-electron chi connectivity index (χ1n) is 14.4. The van der Waals surface area contributed by atoms with Gasteiger partial charge < -0.3 is 15.3 Å². The van der Waals surface area contributed by atoms with Crippen LogP contribution in [0.15, 0.2) is 54.6 Å². The predicted octanol–water partition coefficient (Wildman–Crippen LogP) is 7.12. The Morgan fingerprint density at radius 1 is 0.658 bits per heavy atom. The van der Waals surface area contributed by atoms with E-state index in [2.05, 4.69) is 12.2 Å². The molecule has 2 N–H and O–H groups in total. The Kier molecular flexibility index (Phi) is 15.5. The lowest BCUT2D eigenvalue weighted by atomic mass is 10.0. The highest BCUT2D eigenvalue weighted by atomic mass is 16.4. The molecule has 208 valence electrons. The van der Waals surface area contributed by atoms with Crippen molar-refractivity contribution in [1.29, 1.82) is 0 Å². The Bertz CT molecular complexity index is 944. The lowest BCUT2D eigenvalue weighted by molar-refractivity contribution is -0.156. The van der Waals surface area contributed by atoms with Crippen molar-refractivity contribution in [1.82, 2.24) is 10.2 Å². The number of carboxylic acid groups (broad SMARTS) is 1. The molecule has 2 aromatic rings. The van der Waals surface area contributed by atoms with Crippen LogP contribution in [-0.2, 0) is 22.7 Å². The van der Waals surface area contributed by atoms with Crippen molar-refractivity contribution in [3.63, 3.8) is 0 Å². The zero-order valence-electron chi connectivity index (χ0n) is 23.1. The van der Waals surface area contributed by atoms with Crippen molar-refractivity contribution in [2.45, 2.75) is 103 Å². The lowest BCUT2D eigenvalue weighted by Gasteiger charge is -2.21. The number of unbranched alkanes of at least 4 members (excludes halogenated alkanes) is 12. The standard InChI is InChI=1S/C32H46N2O4/c1-2-3-4-5-6-7-8-9-10-11-12-13-17-24-33-30(35)29-22-20-28(21-23-29)26-34(31(36)32(37)38)25-27-18-15-14-16-19-27/h14-16,18-23H,2-13,17,24-26H2,1H3,(H,33,35)(H,37,38). The third-order valence-electron chi connectivity index (χ3n) is 6.84. The van der Waals surface area contributed by atoms with Crippen LogP contribution in [0.25, 0.3) is 0 Å². The number of hydrogen-bond acceptors (Lipinski definition) is 3. The molecule has 0 heterocycles. The van der Waals surface area contributed by atoms with Crippen LogP contribution < -0.4 is 5.32 Å². The van der Waals surface area contributed by atoms with Crippen LogP contribution in [0.4, 0.5) is 0 Å². The van der Waals surface area contributed by atoms with E-state index in [1.54, 1.807) is 24.3 Å². The summed E-state index contributed by atoms with van der Waals surface area (Å²) in [5, 5.41) is 12.2. The summed E-state index contributed by atoms with van der Waals surface area (Å²) in [6.07, 6.45) is 16.9. The molecule has 0 spiro atoms. The SMILES string of the molecule is CCCCCCCCCCCCCCCNC(=O)c1ccc(CN(Cc2ccccc2)C(=O)C(=O)O)cc1. The van der Waals surface area contributed by atoms with E-state index >= 15 is 0 Å². The Morgan fingerprint density at radius 3 is 1.63 bits per heavy atom. The molecule has 2 aromatic carbocycles. The average Bonchev–Trinajstić information content (AvgIpc) is 2.93. The summed E-state index contributed by atoms with van der Waals surface area (Å²) in [5.41, 5.74) is 2.18. The fourth-order valence-corrected chi connectivity index (χ4v) is 4.57. The maximum atomic E-state index is 12.5. The zero-order valence-corrected chi connectivity index (χ0v) is 23.1. The molecule has 0 bridgehead atoms. The van der Waals surface area contributed by atoms with Gasteiger partial charge in [-0.3, -0.25) is 9.59 Å². The molecular weight excluding hydrogens is 476 g/mol. The molecule has 2 amide bonds. The second-order valence-corrected chi connectivity index (χ2v) is 10.1. The van der Waals surface area contributed by atoms with Crippen molar-refractivity contribution in [3.05, 3.63) is 71.3 Å². The van der Waals surface area contributed by atoms with Crippen molar-refractivity contribution < 1.29 is 19.5 Å². The topological polar surface area (TPSA) is 86.7 Å². The molecule has 38 heavy (non-hydrogen) atoms. The van der Waals surface area contributed by atoms with Gasteiger partial charge in [0.15, 0.2) is 0 Å². The molecule has 2 rings (SSSR count). The van der Waals surface area contributed by atoms with Gasteiger partial charge >= 0.3 is 11.9 Å². The number of rotatable bonds is 19. The second-order valence-electron chi connectivity index (χ2n) is 10.1. The summed E-state index contributed by atoms with van der Waals surface area (Å²) in [6.45, 7) is 3.28. The molecule has 0 fully saturated rings. The van der Waals surface area contributed by atoms with Crippen molar-refractivity contribution in [2.24, 2.45) is 0 Å². The first-order chi connectivity index (χ1) is 18.5. The van der Waals surface area contributed by atoms with Gasteiger partial charge in [-0.1, -0.05) is 126 Å². The number of carbonyl (C=O) groups is 3. The molecular formula is C32H46N2O4. The molecule has 0 aliphatic carbocycles. The minimum absolute atomic E-state index is 0.113. The Hall–Kier alpha value is -3.15. The number of nitrogens with zero attached hydrogens (tertiary/aromatic N) is 1. The van der Waals surface area contributed by atoms with E-state index < -0.39 is 11.9 Å². The van der Waals surface area contributed by atoms with Gasteiger partial charge in [-0.05, 0) is 29.7 Å². The number of carbonyl (C=O) groups excluding carboxylic acids is 2. The first kappa shape index (κ1) is 31.1. The molecule has 6 heteroatoms. The van der Waals surface area contributed by atoms with Gasteiger partial charge in [-0.15, -0.1) is 0 Å². The molecule has 0 unspecified atom stereocenters.